The summed E-state index contributed by atoms with van der Waals surface area (Å²) >= 11 is 3.34. The lowest BCUT2D eigenvalue weighted by Crippen LogP contribution is -2.46. The van der Waals surface area contributed by atoms with Gasteiger partial charge in [-0.3, -0.25) is 4.79 Å². The SMILES string of the molecule is O=C(NCc1cc(F)ccc1Br)C1CCCCN1. The molecule has 1 aliphatic rings. The maximum absolute atomic E-state index is 13.1. The maximum Gasteiger partial charge on any atom is 0.237 e. The minimum absolute atomic E-state index is 0.00846. The number of rotatable bonds is 3. The van der Waals surface area contributed by atoms with Crippen LogP contribution in [0.1, 0.15) is 24.8 Å². The van der Waals surface area contributed by atoms with Gasteiger partial charge in [-0.25, -0.2) is 4.39 Å². The van der Waals surface area contributed by atoms with Crippen molar-refractivity contribution in [2.75, 3.05) is 6.54 Å². The first-order valence-corrected chi connectivity index (χ1v) is 6.91. The molecule has 1 unspecified atom stereocenters. The molecule has 1 atom stereocenters. The standard InChI is InChI=1S/C13H16BrFN2O/c14-11-5-4-10(15)7-9(11)8-17-13(18)12-3-1-2-6-16-12/h4-5,7,12,16H,1-3,6,8H2,(H,17,18). The van der Waals surface area contributed by atoms with Gasteiger partial charge < -0.3 is 10.6 Å². The topological polar surface area (TPSA) is 41.1 Å². The Labute approximate surface area is 114 Å². The van der Waals surface area contributed by atoms with Gasteiger partial charge in [0.2, 0.25) is 5.91 Å². The van der Waals surface area contributed by atoms with E-state index < -0.39 is 0 Å². The van der Waals surface area contributed by atoms with Crippen molar-refractivity contribution in [3.05, 3.63) is 34.1 Å². The van der Waals surface area contributed by atoms with Crippen molar-refractivity contribution >= 4 is 21.8 Å². The van der Waals surface area contributed by atoms with Crippen molar-refractivity contribution in [2.24, 2.45) is 0 Å². The number of hydrogen-bond donors (Lipinski definition) is 2. The van der Waals surface area contributed by atoms with E-state index in [0.29, 0.717) is 6.54 Å². The number of nitrogens with one attached hydrogen (secondary N) is 2. The molecule has 2 N–H and O–H groups in total. The number of halogens is 2. The molecule has 1 saturated heterocycles. The van der Waals surface area contributed by atoms with Crippen molar-refractivity contribution in [1.82, 2.24) is 10.6 Å². The number of hydrogen-bond acceptors (Lipinski definition) is 2. The van der Waals surface area contributed by atoms with Crippen molar-refractivity contribution in [1.29, 1.82) is 0 Å². The fourth-order valence-electron chi connectivity index (χ4n) is 2.06. The summed E-state index contributed by atoms with van der Waals surface area (Å²) < 4.78 is 13.9. The van der Waals surface area contributed by atoms with E-state index in [1.54, 1.807) is 6.07 Å². The van der Waals surface area contributed by atoms with E-state index in [9.17, 15) is 9.18 Å². The van der Waals surface area contributed by atoms with Crippen molar-refractivity contribution < 1.29 is 9.18 Å². The molecule has 1 aliphatic heterocycles. The van der Waals surface area contributed by atoms with Gasteiger partial charge in [0.25, 0.3) is 0 Å². The zero-order valence-electron chi connectivity index (χ0n) is 10.0. The second-order valence-electron chi connectivity index (χ2n) is 4.46. The number of carbonyl (C=O) groups is 1. The molecule has 0 aromatic heterocycles. The third kappa shape index (κ3) is 3.53. The summed E-state index contributed by atoms with van der Waals surface area (Å²) in [5, 5.41) is 6.02. The first kappa shape index (κ1) is 13.5. The molecule has 0 radical (unpaired) electrons. The molecular formula is C13H16BrFN2O. The molecule has 1 amide bonds. The summed E-state index contributed by atoms with van der Waals surface area (Å²) in [4.78, 5) is 11.9. The Morgan fingerprint density at radius 1 is 1.50 bits per heavy atom. The van der Waals surface area contributed by atoms with Gasteiger partial charge in [-0.15, -0.1) is 0 Å². The van der Waals surface area contributed by atoms with Gasteiger partial charge in [0.15, 0.2) is 0 Å². The van der Waals surface area contributed by atoms with E-state index in [2.05, 4.69) is 26.6 Å². The average Bonchev–Trinajstić information content (AvgIpc) is 2.40. The summed E-state index contributed by atoms with van der Waals surface area (Å²) in [5.41, 5.74) is 0.749. The lowest BCUT2D eigenvalue weighted by molar-refractivity contribution is -0.123. The molecule has 2 rings (SSSR count). The number of piperidine rings is 1. The van der Waals surface area contributed by atoms with Crippen molar-refractivity contribution in [3.8, 4) is 0 Å². The van der Waals surface area contributed by atoms with Gasteiger partial charge in [0, 0.05) is 11.0 Å². The Balaban J connectivity index is 1.90. The summed E-state index contributed by atoms with van der Waals surface area (Å²) in [6.45, 7) is 1.23. The minimum Gasteiger partial charge on any atom is -0.351 e. The van der Waals surface area contributed by atoms with Crippen LogP contribution in [0.4, 0.5) is 4.39 Å². The molecule has 0 bridgehead atoms. The van der Waals surface area contributed by atoms with Crippen LogP contribution >= 0.6 is 15.9 Å². The zero-order chi connectivity index (χ0) is 13.0. The monoisotopic (exact) mass is 314 g/mol. The quantitative estimate of drug-likeness (QED) is 0.899. The molecule has 18 heavy (non-hydrogen) atoms. The molecule has 3 nitrogen and oxygen atoms in total. The van der Waals surface area contributed by atoms with E-state index in [-0.39, 0.29) is 17.8 Å². The van der Waals surface area contributed by atoms with Crippen LogP contribution in [0.25, 0.3) is 0 Å². The van der Waals surface area contributed by atoms with Gasteiger partial charge in [-0.1, -0.05) is 22.4 Å². The third-order valence-electron chi connectivity index (χ3n) is 3.09. The normalized spacial score (nSPS) is 19.6. The van der Waals surface area contributed by atoms with Crippen LogP contribution in [0.3, 0.4) is 0 Å². The van der Waals surface area contributed by atoms with E-state index in [1.165, 1.54) is 12.1 Å². The number of amides is 1. The van der Waals surface area contributed by atoms with E-state index in [0.717, 1.165) is 35.8 Å². The van der Waals surface area contributed by atoms with Gasteiger partial charge in [-0.05, 0) is 43.1 Å². The Kier molecular flexibility index (Phi) is 4.72. The molecule has 1 fully saturated rings. The van der Waals surface area contributed by atoms with Crippen LogP contribution < -0.4 is 10.6 Å². The highest BCUT2D eigenvalue weighted by Crippen LogP contribution is 2.17. The molecule has 5 heteroatoms. The highest BCUT2D eigenvalue weighted by Gasteiger charge is 2.20. The fraction of sp³-hybridized carbons (Fsp3) is 0.462. The van der Waals surface area contributed by atoms with Gasteiger partial charge in [-0.2, -0.15) is 0 Å². The Morgan fingerprint density at radius 3 is 3.06 bits per heavy atom. The minimum atomic E-state index is -0.293. The zero-order valence-corrected chi connectivity index (χ0v) is 11.6. The van der Waals surface area contributed by atoms with Gasteiger partial charge >= 0.3 is 0 Å². The summed E-state index contributed by atoms with van der Waals surface area (Å²) in [6, 6.07) is 4.36. The number of carbonyl (C=O) groups excluding carboxylic acids is 1. The lowest BCUT2D eigenvalue weighted by Gasteiger charge is -2.22. The predicted octanol–water partition coefficient (Wildman–Crippen LogP) is 2.35. The van der Waals surface area contributed by atoms with Crippen molar-refractivity contribution in [3.63, 3.8) is 0 Å². The van der Waals surface area contributed by atoms with Crippen LogP contribution in [0.5, 0.6) is 0 Å². The third-order valence-corrected chi connectivity index (χ3v) is 3.86. The fourth-order valence-corrected chi connectivity index (χ4v) is 2.45. The molecule has 1 aromatic carbocycles. The highest BCUT2D eigenvalue weighted by atomic mass is 79.9. The molecule has 1 aromatic rings. The van der Waals surface area contributed by atoms with E-state index in [1.807, 2.05) is 0 Å². The largest absolute Gasteiger partial charge is 0.351 e. The van der Waals surface area contributed by atoms with E-state index >= 15 is 0 Å². The summed E-state index contributed by atoms with van der Waals surface area (Å²) in [7, 11) is 0. The Morgan fingerprint density at radius 2 is 2.33 bits per heavy atom. The molecule has 0 spiro atoms. The smallest absolute Gasteiger partial charge is 0.237 e. The van der Waals surface area contributed by atoms with Crippen molar-refractivity contribution in [2.45, 2.75) is 31.8 Å². The lowest BCUT2D eigenvalue weighted by atomic mass is 10.0. The van der Waals surface area contributed by atoms with Crippen LogP contribution in [0.2, 0.25) is 0 Å². The number of benzene rings is 1. The Hall–Kier alpha value is -0.940. The van der Waals surface area contributed by atoms with Crippen LogP contribution in [-0.2, 0) is 11.3 Å². The second kappa shape index (κ2) is 6.29. The van der Waals surface area contributed by atoms with Gasteiger partial charge in [0.1, 0.15) is 5.82 Å². The second-order valence-corrected chi connectivity index (χ2v) is 5.31. The highest BCUT2D eigenvalue weighted by molar-refractivity contribution is 9.10. The van der Waals surface area contributed by atoms with Crippen LogP contribution in [0, 0.1) is 5.82 Å². The molecular weight excluding hydrogens is 299 g/mol. The first-order valence-electron chi connectivity index (χ1n) is 6.12. The molecule has 0 aliphatic carbocycles. The first-order chi connectivity index (χ1) is 8.66. The molecule has 1 heterocycles. The Bertz CT molecular complexity index is 433. The molecule has 98 valence electrons. The molecule has 0 saturated carbocycles. The van der Waals surface area contributed by atoms with Gasteiger partial charge in [0.05, 0.1) is 6.04 Å². The maximum atomic E-state index is 13.1. The van der Waals surface area contributed by atoms with Crippen LogP contribution in [0.15, 0.2) is 22.7 Å². The predicted molar refractivity (Wildman–Crippen MR) is 71.6 cm³/mol. The average molecular weight is 315 g/mol. The van der Waals surface area contributed by atoms with Crippen LogP contribution in [-0.4, -0.2) is 18.5 Å². The summed E-state index contributed by atoms with van der Waals surface area (Å²) in [5.74, 6) is -0.302. The summed E-state index contributed by atoms with van der Waals surface area (Å²) in [6.07, 6.45) is 3.07. The van der Waals surface area contributed by atoms with E-state index in [4.69, 9.17) is 0 Å².